The summed E-state index contributed by atoms with van der Waals surface area (Å²) in [5.74, 6) is 0. The maximum absolute atomic E-state index is 8.74. The molecule has 0 aliphatic carbocycles. The lowest BCUT2D eigenvalue weighted by molar-refractivity contribution is 0.319. The topological polar surface area (TPSA) is 63.3 Å². The van der Waals surface area contributed by atoms with E-state index in [1.54, 1.807) is 11.6 Å². The van der Waals surface area contributed by atoms with E-state index in [4.69, 9.17) is 5.21 Å². The third-order valence-corrected chi connectivity index (χ3v) is 2.67. The van der Waals surface area contributed by atoms with Crippen molar-refractivity contribution in [3.63, 3.8) is 0 Å². The average Bonchev–Trinajstić information content (AvgIpc) is 2.71. The maximum atomic E-state index is 8.74. The largest absolute Gasteiger partial charge is 0.411 e. The summed E-state index contributed by atoms with van der Waals surface area (Å²) in [5.41, 5.74) is 4.05. The first kappa shape index (κ1) is 11.3. The molecule has 0 atom stereocenters. The van der Waals surface area contributed by atoms with E-state index in [2.05, 4.69) is 15.5 Å². The number of aryl methyl sites for hydroxylation is 1. The molecule has 0 aliphatic rings. The van der Waals surface area contributed by atoms with Gasteiger partial charge in [-0.25, -0.2) is 4.68 Å². The Kier molecular flexibility index (Phi) is 2.91. The van der Waals surface area contributed by atoms with Crippen LogP contribution >= 0.6 is 0 Å². The SMILES string of the molecule is CC(=NO)c1nnn(-c2ccc(C)cc2)c1C. The van der Waals surface area contributed by atoms with Gasteiger partial charge in [0.05, 0.1) is 11.4 Å². The van der Waals surface area contributed by atoms with Crippen molar-refractivity contribution in [1.29, 1.82) is 0 Å². The molecule has 0 saturated heterocycles. The molecule has 5 heteroatoms. The standard InChI is InChI=1S/C12H14N4O/c1-8-4-6-11(7-5-8)16-10(3)12(13-15-16)9(2)14-17/h4-7,17H,1-3H3. The summed E-state index contributed by atoms with van der Waals surface area (Å²) >= 11 is 0. The summed E-state index contributed by atoms with van der Waals surface area (Å²) in [6, 6.07) is 7.99. The van der Waals surface area contributed by atoms with Gasteiger partial charge in [0.2, 0.25) is 0 Å². The Balaban J connectivity index is 2.47. The maximum Gasteiger partial charge on any atom is 0.133 e. The minimum absolute atomic E-state index is 0.459. The summed E-state index contributed by atoms with van der Waals surface area (Å²) in [4.78, 5) is 0. The quantitative estimate of drug-likeness (QED) is 0.488. The van der Waals surface area contributed by atoms with Crippen LogP contribution in [0.5, 0.6) is 0 Å². The van der Waals surface area contributed by atoms with Crippen LogP contribution in [-0.2, 0) is 0 Å². The van der Waals surface area contributed by atoms with Crippen LogP contribution in [0.25, 0.3) is 5.69 Å². The Morgan fingerprint density at radius 3 is 2.47 bits per heavy atom. The third-order valence-electron chi connectivity index (χ3n) is 2.67. The Morgan fingerprint density at radius 2 is 1.88 bits per heavy atom. The van der Waals surface area contributed by atoms with E-state index < -0.39 is 0 Å². The summed E-state index contributed by atoms with van der Waals surface area (Å²) in [7, 11) is 0. The molecule has 0 unspecified atom stereocenters. The molecule has 88 valence electrons. The van der Waals surface area contributed by atoms with Crippen LogP contribution in [0, 0.1) is 13.8 Å². The van der Waals surface area contributed by atoms with Crippen LogP contribution in [0.1, 0.15) is 23.9 Å². The molecule has 0 fully saturated rings. The van der Waals surface area contributed by atoms with Crippen LogP contribution in [-0.4, -0.2) is 25.9 Å². The van der Waals surface area contributed by atoms with Crippen LogP contribution in [0.2, 0.25) is 0 Å². The van der Waals surface area contributed by atoms with E-state index in [9.17, 15) is 0 Å². The number of nitrogens with zero attached hydrogens (tertiary/aromatic N) is 4. The highest BCUT2D eigenvalue weighted by Gasteiger charge is 2.12. The van der Waals surface area contributed by atoms with Gasteiger partial charge in [-0.3, -0.25) is 0 Å². The number of rotatable bonds is 2. The predicted octanol–water partition coefficient (Wildman–Crippen LogP) is 2.08. The molecule has 0 radical (unpaired) electrons. The minimum Gasteiger partial charge on any atom is -0.411 e. The van der Waals surface area contributed by atoms with Gasteiger partial charge < -0.3 is 5.21 Å². The lowest BCUT2D eigenvalue weighted by Crippen LogP contribution is -2.01. The zero-order valence-electron chi connectivity index (χ0n) is 10.0. The van der Waals surface area contributed by atoms with Gasteiger partial charge in [-0.1, -0.05) is 28.1 Å². The van der Waals surface area contributed by atoms with Gasteiger partial charge >= 0.3 is 0 Å². The molecule has 0 amide bonds. The molecule has 1 N–H and O–H groups in total. The highest BCUT2D eigenvalue weighted by atomic mass is 16.4. The normalized spacial score (nSPS) is 11.8. The molecule has 0 saturated carbocycles. The second kappa shape index (κ2) is 4.37. The Hall–Kier alpha value is -2.17. The molecular formula is C12H14N4O. The van der Waals surface area contributed by atoms with E-state index in [1.165, 1.54) is 5.56 Å². The fraction of sp³-hybridized carbons (Fsp3) is 0.250. The number of oxime groups is 1. The lowest BCUT2D eigenvalue weighted by Gasteiger charge is -2.03. The summed E-state index contributed by atoms with van der Waals surface area (Å²) in [6.45, 7) is 5.62. The van der Waals surface area contributed by atoms with Crippen LogP contribution in [0.4, 0.5) is 0 Å². The van der Waals surface area contributed by atoms with Crippen LogP contribution in [0.3, 0.4) is 0 Å². The minimum atomic E-state index is 0.459. The molecule has 5 nitrogen and oxygen atoms in total. The number of benzene rings is 1. The second-order valence-corrected chi connectivity index (χ2v) is 3.96. The lowest BCUT2D eigenvalue weighted by atomic mass is 10.2. The van der Waals surface area contributed by atoms with Crippen molar-refractivity contribution in [3.05, 3.63) is 41.2 Å². The highest BCUT2D eigenvalue weighted by molar-refractivity contribution is 5.97. The molecule has 0 bridgehead atoms. The Labute approximate surface area is 99.4 Å². The zero-order chi connectivity index (χ0) is 12.4. The van der Waals surface area contributed by atoms with Crippen molar-refractivity contribution in [2.24, 2.45) is 5.16 Å². The van der Waals surface area contributed by atoms with Gasteiger partial charge in [0, 0.05) is 0 Å². The van der Waals surface area contributed by atoms with Gasteiger partial charge in [0.1, 0.15) is 11.4 Å². The van der Waals surface area contributed by atoms with E-state index in [0.717, 1.165) is 11.4 Å². The molecule has 17 heavy (non-hydrogen) atoms. The summed E-state index contributed by atoms with van der Waals surface area (Å²) in [6.07, 6.45) is 0. The van der Waals surface area contributed by atoms with Crippen LogP contribution in [0.15, 0.2) is 29.4 Å². The van der Waals surface area contributed by atoms with E-state index in [-0.39, 0.29) is 0 Å². The van der Waals surface area contributed by atoms with Crippen molar-refractivity contribution in [2.75, 3.05) is 0 Å². The molecule has 2 rings (SSSR count). The van der Waals surface area contributed by atoms with Gasteiger partial charge in [0.15, 0.2) is 0 Å². The smallest absolute Gasteiger partial charge is 0.133 e. The Bertz CT molecular complexity index is 554. The molecular weight excluding hydrogens is 216 g/mol. The zero-order valence-corrected chi connectivity index (χ0v) is 10.0. The first-order valence-electron chi connectivity index (χ1n) is 5.32. The number of hydrogen-bond acceptors (Lipinski definition) is 4. The van der Waals surface area contributed by atoms with Gasteiger partial charge in [-0.2, -0.15) is 0 Å². The summed E-state index contributed by atoms with van der Waals surface area (Å²) < 4.78 is 1.73. The van der Waals surface area contributed by atoms with Crippen molar-refractivity contribution in [3.8, 4) is 5.69 Å². The van der Waals surface area contributed by atoms with Crippen molar-refractivity contribution in [1.82, 2.24) is 15.0 Å². The average molecular weight is 230 g/mol. The van der Waals surface area contributed by atoms with Crippen molar-refractivity contribution in [2.45, 2.75) is 20.8 Å². The molecule has 2 aromatic rings. The second-order valence-electron chi connectivity index (χ2n) is 3.96. The highest BCUT2D eigenvalue weighted by Crippen LogP contribution is 2.13. The van der Waals surface area contributed by atoms with E-state index in [1.807, 2.05) is 38.1 Å². The van der Waals surface area contributed by atoms with E-state index >= 15 is 0 Å². The van der Waals surface area contributed by atoms with Crippen molar-refractivity contribution < 1.29 is 5.21 Å². The molecule has 0 spiro atoms. The monoisotopic (exact) mass is 230 g/mol. The summed E-state index contributed by atoms with van der Waals surface area (Å²) in [5, 5.41) is 19.9. The van der Waals surface area contributed by atoms with Crippen molar-refractivity contribution >= 4 is 5.71 Å². The fourth-order valence-electron chi connectivity index (χ4n) is 1.64. The molecule has 0 aliphatic heterocycles. The molecule has 1 aromatic heterocycles. The first-order valence-corrected chi connectivity index (χ1v) is 5.32. The van der Waals surface area contributed by atoms with E-state index in [0.29, 0.717) is 11.4 Å². The van der Waals surface area contributed by atoms with Gasteiger partial charge in [-0.05, 0) is 32.9 Å². The van der Waals surface area contributed by atoms with Gasteiger partial charge in [0.25, 0.3) is 0 Å². The number of hydrogen-bond donors (Lipinski definition) is 1. The number of aromatic nitrogens is 3. The first-order chi connectivity index (χ1) is 8.13. The van der Waals surface area contributed by atoms with Gasteiger partial charge in [-0.15, -0.1) is 5.10 Å². The van der Waals surface area contributed by atoms with Crippen LogP contribution < -0.4 is 0 Å². The Morgan fingerprint density at radius 1 is 1.24 bits per heavy atom. The predicted molar refractivity (Wildman–Crippen MR) is 64.8 cm³/mol. The fourth-order valence-corrected chi connectivity index (χ4v) is 1.64. The molecule has 1 heterocycles. The third kappa shape index (κ3) is 2.04. The molecule has 1 aromatic carbocycles.